The monoisotopic (exact) mass is 428 g/mol. The van der Waals surface area contributed by atoms with E-state index in [1.165, 1.54) is 6.07 Å². The van der Waals surface area contributed by atoms with Crippen LogP contribution < -0.4 is 16.0 Å². The normalized spacial score (nSPS) is 18.4. The van der Waals surface area contributed by atoms with Crippen LogP contribution in [0.25, 0.3) is 0 Å². The van der Waals surface area contributed by atoms with E-state index in [9.17, 15) is 27.6 Å². The minimum Gasteiger partial charge on any atom is -0.370 e. The summed E-state index contributed by atoms with van der Waals surface area (Å²) < 4.78 is 46.0. The van der Waals surface area contributed by atoms with Crippen LogP contribution >= 0.6 is 0 Å². The summed E-state index contributed by atoms with van der Waals surface area (Å²) >= 11 is 0. The number of anilines is 2. The van der Waals surface area contributed by atoms with Gasteiger partial charge in [-0.15, -0.1) is 0 Å². The second-order valence-electron chi connectivity index (χ2n) is 7.18. The smallest absolute Gasteiger partial charge is 0.370 e. The van der Waals surface area contributed by atoms with E-state index in [-0.39, 0.29) is 37.2 Å². The molecule has 164 valence electrons. The van der Waals surface area contributed by atoms with E-state index in [0.717, 1.165) is 29.9 Å². The van der Waals surface area contributed by atoms with Crippen molar-refractivity contribution in [2.75, 3.05) is 36.5 Å². The van der Waals surface area contributed by atoms with E-state index in [1.807, 2.05) is 0 Å². The Labute approximate surface area is 171 Å². The summed E-state index contributed by atoms with van der Waals surface area (Å²) in [6.07, 6.45) is -3.11. The topological polar surface area (TPSA) is 105 Å². The first-order valence-corrected chi connectivity index (χ1v) is 9.58. The third-order valence-electron chi connectivity index (χ3n) is 5.08. The number of benzene rings is 1. The Hall–Kier alpha value is -2.66. The maximum absolute atomic E-state index is 13.7. The van der Waals surface area contributed by atoms with Crippen molar-refractivity contribution in [1.82, 2.24) is 4.90 Å². The Morgan fingerprint density at radius 2 is 2.07 bits per heavy atom. The summed E-state index contributed by atoms with van der Waals surface area (Å²) in [6.45, 7) is 1.99. The molecule has 30 heavy (non-hydrogen) atoms. The number of likely N-dealkylation sites (N-methyl/N-ethyl adjacent to an activating group) is 1. The number of primary amides is 1. The second-order valence-corrected chi connectivity index (χ2v) is 7.18. The summed E-state index contributed by atoms with van der Waals surface area (Å²) in [4.78, 5) is 39.2. The van der Waals surface area contributed by atoms with Crippen molar-refractivity contribution < 1.29 is 32.3 Å². The lowest BCUT2D eigenvalue weighted by molar-refractivity contribution is -0.138. The van der Waals surface area contributed by atoms with Gasteiger partial charge in [-0.05, 0) is 37.6 Å². The summed E-state index contributed by atoms with van der Waals surface area (Å²) in [7, 11) is 0. The van der Waals surface area contributed by atoms with Crippen molar-refractivity contribution in [2.45, 2.75) is 38.0 Å². The Kier molecular flexibility index (Phi) is 6.32. The lowest BCUT2D eigenvalue weighted by Gasteiger charge is -2.30. The van der Waals surface area contributed by atoms with Gasteiger partial charge in [0.1, 0.15) is 6.61 Å². The number of ether oxygens (including phenoxy) is 1. The minimum atomic E-state index is -4.76. The summed E-state index contributed by atoms with van der Waals surface area (Å²) in [6, 6.07) is 1.91. The van der Waals surface area contributed by atoms with Crippen LogP contribution in [0.5, 0.6) is 0 Å². The first-order valence-electron chi connectivity index (χ1n) is 9.58. The molecule has 1 aliphatic heterocycles. The zero-order valence-corrected chi connectivity index (χ0v) is 16.4. The van der Waals surface area contributed by atoms with Crippen molar-refractivity contribution in [2.24, 2.45) is 5.73 Å². The first-order chi connectivity index (χ1) is 14.1. The summed E-state index contributed by atoms with van der Waals surface area (Å²) in [5.74, 6) is -2.24. The molecule has 2 fully saturated rings. The number of carbonyl (C=O) groups is 3. The average Bonchev–Trinajstić information content (AvgIpc) is 3.50. The van der Waals surface area contributed by atoms with E-state index < -0.39 is 35.5 Å². The Morgan fingerprint density at radius 1 is 1.37 bits per heavy atom. The number of alkyl halides is 3. The lowest BCUT2D eigenvalue weighted by Crippen LogP contribution is -2.53. The highest BCUT2D eigenvalue weighted by Gasteiger charge is 2.40. The molecule has 0 radical (unpaired) electrons. The molecule has 1 saturated carbocycles. The molecule has 1 aromatic rings. The molecule has 1 saturated heterocycles. The maximum atomic E-state index is 13.7. The van der Waals surface area contributed by atoms with Crippen LogP contribution in [-0.4, -0.2) is 61.0 Å². The Morgan fingerprint density at radius 3 is 2.60 bits per heavy atom. The van der Waals surface area contributed by atoms with Crippen molar-refractivity contribution in [3.05, 3.63) is 23.8 Å². The fourth-order valence-electron chi connectivity index (χ4n) is 3.56. The van der Waals surface area contributed by atoms with Gasteiger partial charge in [0.15, 0.2) is 6.04 Å². The molecule has 3 rings (SSSR count). The van der Waals surface area contributed by atoms with Gasteiger partial charge in [-0.25, -0.2) is 0 Å². The quantitative estimate of drug-likeness (QED) is 0.638. The van der Waals surface area contributed by atoms with E-state index in [4.69, 9.17) is 10.5 Å². The number of nitrogens with two attached hydrogens (primary N) is 1. The molecule has 1 atom stereocenters. The van der Waals surface area contributed by atoms with Crippen molar-refractivity contribution in [3.8, 4) is 0 Å². The van der Waals surface area contributed by atoms with Gasteiger partial charge in [-0.1, -0.05) is 6.92 Å². The van der Waals surface area contributed by atoms with Gasteiger partial charge >= 0.3 is 6.18 Å². The zero-order chi connectivity index (χ0) is 22.1. The number of carbonyl (C=O) groups excluding carboxylic acids is 3. The van der Waals surface area contributed by atoms with Crippen molar-refractivity contribution in [3.63, 3.8) is 0 Å². The molecule has 0 aromatic heterocycles. The lowest BCUT2D eigenvalue weighted by atomic mass is 10.1. The molecule has 11 heteroatoms. The van der Waals surface area contributed by atoms with Gasteiger partial charge in [-0.3, -0.25) is 19.3 Å². The minimum absolute atomic E-state index is 0.00971. The predicted molar refractivity (Wildman–Crippen MR) is 102 cm³/mol. The van der Waals surface area contributed by atoms with Crippen LogP contribution in [0, 0.1) is 0 Å². The maximum Gasteiger partial charge on any atom is 0.418 e. The number of morpholine rings is 1. The van der Waals surface area contributed by atoms with Crippen LogP contribution in [0.3, 0.4) is 0 Å². The second kappa shape index (κ2) is 8.60. The highest BCUT2D eigenvalue weighted by atomic mass is 19.4. The molecule has 2 aliphatic rings. The Bertz CT molecular complexity index is 842. The number of hydrogen-bond acceptors (Lipinski definition) is 5. The number of nitrogens with one attached hydrogen (secondary N) is 1. The molecular weight excluding hydrogens is 405 g/mol. The molecule has 3 N–H and O–H groups in total. The van der Waals surface area contributed by atoms with Gasteiger partial charge < -0.3 is 20.7 Å². The van der Waals surface area contributed by atoms with Crippen molar-refractivity contribution >= 4 is 29.1 Å². The third kappa shape index (κ3) is 4.73. The molecule has 1 aliphatic carbocycles. The van der Waals surface area contributed by atoms with E-state index in [1.54, 1.807) is 11.8 Å². The number of rotatable bonds is 7. The van der Waals surface area contributed by atoms with E-state index in [0.29, 0.717) is 6.54 Å². The fourth-order valence-corrected chi connectivity index (χ4v) is 3.56. The highest BCUT2D eigenvalue weighted by molar-refractivity contribution is 6.09. The molecule has 0 spiro atoms. The third-order valence-corrected chi connectivity index (χ3v) is 5.08. The first kappa shape index (κ1) is 22.0. The summed E-state index contributed by atoms with van der Waals surface area (Å²) in [5, 5.41) is 2.37. The molecule has 8 nitrogen and oxygen atoms in total. The van der Waals surface area contributed by atoms with Gasteiger partial charge in [0.05, 0.1) is 17.9 Å². The largest absolute Gasteiger partial charge is 0.418 e. The molecule has 1 aromatic carbocycles. The number of amides is 3. The fraction of sp³-hybridized carbons (Fsp3) is 0.526. The van der Waals surface area contributed by atoms with Crippen LogP contribution in [-0.2, 0) is 25.3 Å². The Balaban J connectivity index is 1.88. The van der Waals surface area contributed by atoms with Crippen molar-refractivity contribution in [1.29, 1.82) is 0 Å². The average molecular weight is 428 g/mol. The molecular formula is C19H23F3N4O4. The number of hydrogen-bond donors (Lipinski definition) is 2. The van der Waals surface area contributed by atoms with Crippen LogP contribution in [0.2, 0.25) is 0 Å². The van der Waals surface area contributed by atoms with Crippen LogP contribution in [0.4, 0.5) is 24.5 Å². The van der Waals surface area contributed by atoms with Gasteiger partial charge in [0.25, 0.3) is 11.8 Å². The van der Waals surface area contributed by atoms with Gasteiger partial charge in [0.2, 0.25) is 5.91 Å². The van der Waals surface area contributed by atoms with Gasteiger partial charge in [0, 0.05) is 18.3 Å². The number of nitrogens with zero attached hydrogens (tertiary/aromatic N) is 2. The molecule has 0 bridgehead atoms. The standard InChI is InChI=1S/C19H23F3N4O4/c1-2-25(12-4-5-12)16(17(23)28)18(29)24-11-3-6-14(13(9-11)19(20,21)22)26-7-8-30-10-15(26)27/h3,6,9,12,16H,2,4-5,7-8,10H2,1H3,(H2,23,28)(H,24,29)/t16-/m0/s1. The zero-order valence-electron chi connectivity index (χ0n) is 16.4. The molecule has 0 unspecified atom stereocenters. The van der Waals surface area contributed by atoms with Crippen LogP contribution in [0.15, 0.2) is 18.2 Å². The predicted octanol–water partition coefficient (Wildman–Crippen LogP) is 1.35. The highest BCUT2D eigenvalue weighted by Crippen LogP contribution is 2.39. The number of halogens is 3. The van der Waals surface area contributed by atoms with E-state index >= 15 is 0 Å². The molecule has 3 amide bonds. The SMILES string of the molecule is CCN(C1CC1)[C@@H](C(N)=O)C(=O)Nc1ccc(N2CCOCC2=O)c(C(F)(F)F)c1. The summed E-state index contributed by atoms with van der Waals surface area (Å²) in [5.41, 5.74) is 3.87. The van der Waals surface area contributed by atoms with Gasteiger partial charge in [-0.2, -0.15) is 13.2 Å². The molecule has 1 heterocycles. The van der Waals surface area contributed by atoms with E-state index in [2.05, 4.69) is 5.32 Å². The van der Waals surface area contributed by atoms with Crippen LogP contribution in [0.1, 0.15) is 25.3 Å².